The number of unbranched alkanes of at least 4 members (excludes halogenated alkanes) is 1. The fraction of sp³-hybridized carbons (Fsp3) is 0.600. The van der Waals surface area contributed by atoms with E-state index in [1.54, 1.807) is 6.20 Å². The van der Waals surface area contributed by atoms with Crippen LogP contribution >= 0.6 is 0 Å². The van der Waals surface area contributed by atoms with Crippen molar-refractivity contribution in [1.82, 2.24) is 9.88 Å². The molecule has 19 heavy (non-hydrogen) atoms. The van der Waals surface area contributed by atoms with E-state index in [1.807, 2.05) is 12.1 Å². The number of carbonyl (C=O) groups excluding carboxylic acids is 1. The Morgan fingerprint density at radius 3 is 3.26 bits per heavy atom. The number of nitrogens with zero attached hydrogens (tertiary/aromatic N) is 2. The van der Waals surface area contributed by atoms with Crippen molar-refractivity contribution in [3.8, 4) is 0 Å². The summed E-state index contributed by atoms with van der Waals surface area (Å²) in [5.74, 6) is 0.141. The van der Waals surface area contributed by atoms with Gasteiger partial charge in [-0.1, -0.05) is 13.3 Å². The second kappa shape index (κ2) is 4.93. The molecule has 102 valence electrons. The van der Waals surface area contributed by atoms with Gasteiger partial charge in [-0.25, -0.2) is 0 Å². The Morgan fingerprint density at radius 2 is 2.42 bits per heavy atom. The molecule has 1 amide bonds. The smallest absolute Gasteiger partial charge is 0.238 e. The molecule has 3 heterocycles. The van der Waals surface area contributed by atoms with Crippen LogP contribution in [0.5, 0.6) is 0 Å². The maximum Gasteiger partial charge on any atom is 0.238 e. The van der Waals surface area contributed by atoms with Gasteiger partial charge < -0.3 is 10.2 Å². The van der Waals surface area contributed by atoms with Crippen LogP contribution in [0.2, 0.25) is 0 Å². The van der Waals surface area contributed by atoms with E-state index < -0.39 is 5.41 Å². The van der Waals surface area contributed by atoms with Crippen LogP contribution in [0.15, 0.2) is 18.3 Å². The number of pyridine rings is 1. The number of amides is 1. The zero-order valence-electron chi connectivity index (χ0n) is 11.5. The molecule has 0 aromatic carbocycles. The molecule has 1 atom stereocenters. The second-order valence-electron chi connectivity index (χ2n) is 5.67. The highest BCUT2D eigenvalue weighted by molar-refractivity contribution is 6.05. The van der Waals surface area contributed by atoms with Crippen LogP contribution in [0.25, 0.3) is 0 Å². The minimum absolute atomic E-state index is 0.141. The number of rotatable bonds is 3. The predicted molar refractivity (Wildman–Crippen MR) is 75.1 cm³/mol. The highest BCUT2D eigenvalue weighted by Gasteiger charge is 2.50. The van der Waals surface area contributed by atoms with E-state index >= 15 is 0 Å². The molecule has 2 aliphatic heterocycles. The molecular weight excluding hydrogens is 238 g/mol. The number of carbonyl (C=O) groups is 1. The van der Waals surface area contributed by atoms with E-state index in [0.717, 1.165) is 43.9 Å². The van der Waals surface area contributed by atoms with Gasteiger partial charge in [-0.3, -0.25) is 9.78 Å². The number of fused-ring (bicyclic) bond motifs is 2. The number of aromatic nitrogens is 1. The maximum absolute atomic E-state index is 12.4. The van der Waals surface area contributed by atoms with Crippen LogP contribution in [0.4, 0.5) is 5.69 Å². The van der Waals surface area contributed by atoms with Crippen molar-refractivity contribution in [3.63, 3.8) is 0 Å². The first-order valence-electron chi connectivity index (χ1n) is 7.25. The predicted octanol–water partition coefficient (Wildman–Crippen LogP) is 2.17. The first-order chi connectivity index (χ1) is 9.26. The first-order valence-corrected chi connectivity index (χ1v) is 7.25. The second-order valence-corrected chi connectivity index (χ2v) is 5.67. The Balaban J connectivity index is 1.88. The molecule has 0 aliphatic carbocycles. The van der Waals surface area contributed by atoms with Crippen molar-refractivity contribution in [3.05, 3.63) is 24.0 Å². The van der Waals surface area contributed by atoms with Crippen LogP contribution < -0.4 is 5.32 Å². The van der Waals surface area contributed by atoms with Gasteiger partial charge in [-0.2, -0.15) is 0 Å². The Bertz CT molecular complexity index is 488. The van der Waals surface area contributed by atoms with Crippen molar-refractivity contribution in [2.45, 2.75) is 38.0 Å². The summed E-state index contributed by atoms with van der Waals surface area (Å²) in [6.45, 7) is 5.23. The molecule has 4 nitrogen and oxygen atoms in total. The molecule has 1 aromatic rings. The van der Waals surface area contributed by atoms with E-state index in [1.165, 1.54) is 12.8 Å². The highest BCUT2D eigenvalue weighted by Crippen LogP contribution is 2.42. The third-order valence-electron chi connectivity index (χ3n) is 4.34. The van der Waals surface area contributed by atoms with Crippen molar-refractivity contribution >= 4 is 11.6 Å². The SMILES string of the molecule is CCCCN1CCC[C@]2(C1)C(=O)Nc1cccnc12. The lowest BCUT2D eigenvalue weighted by molar-refractivity contribution is -0.123. The number of anilines is 1. The zero-order valence-corrected chi connectivity index (χ0v) is 11.5. The van der Waals surface area contributed by atoms with Crippen molar-refractivity contribution in [2.75, 3.05) is 25.0 Å². The Hall–Kier alpha value is -1.42. The third kappa shape index (κ3) is 2.04. The summed E-state index contributed by atoms with van der Waals surface area (Å²) < 4.78 is 0. The minimum atomic E-state index is -0.400. The molecule has 4 heteroatoms. The van der Waals surface area contributed by atoms with E-state index in [9.17, 15) is 4.79 Å². The molecule has 3 rings (SSSR count). The lowest BCUT2D eigenvalue weighted by atomic mass is 9.77. The monoisotopic (exact) mass is 259 g/mol. The van der Waals surface area contributed by atoms with Gasteiger partial charge in [0.1, 0.15) is 5.41 Å². The van der Waals surface area contributed by atoms with Crippen LogP contribution in [-0.4, -0.2) is 35.4 Å². The molecule has 1 saturated heterocycles. The summed E-state index contributed by atoms with van der Waals surface area (Å²) in [6, 6.07) is 3.84. The molecule has 0 radical (unpaired) electrons. The number of likely N-dealkylation sites (tertiary alicyclic amines) is 1. The lowest BCUT2D eigenvalue weighted by Gasteiger charge is -2.38. The van der Waals surface area contributed by atoms with Crippen molar-refractivity contribution in [1.29, 1.82) is 0 Å². The lowest BCUT2D eigenvalue weighted by Crippen LogP contribution is -2.50. The Kier molecular flexibility index (Phi) is 3.27. The summed E-state index contributed by atoms with van der Waals surface area (Å²) in [4.78, 5) is 19.4. The van der Waals surface area contributed by atoms with Gasteiger partial charge in [0.25, 0.3) is 0 Å². The van der Waals surface area contributed by atoms with Crippen LogP contribution in [0.3, 0.4) is 0 Å². The molecule has 1 N–H and O–H groups in total. The van der Waals surface area contributed by atoms with Gasteiger partial charge in [0.15, 0.2) is 0 Å². The van der Waals surface area contributed by atoms with Gasteiger partial charge in [0, 0.05) is 12.7 Å². The average molecular weight is 259 g/mol. The molecule has 0 saturated carbocycles. The summed E-state index contributed by atoms with van der Waals surface area (Å²) in [7, 11) is 0. The highest BCUT2D eigenvalue weighted by atomic mass is 16.2. The number of nitrogens with one attached hydrogen (secondary N) is 1. The third-order valence-corrected chi connectivity index (χ3v) is 4.34. The van der Waals surface area contributed by atoms with E-state index in [0.29, 0.717) is 0 Å². The summed E-state index contributed by atoms with van der Waals surface area (Å²) >= 11 is 0. The molecule has 0 unspecified atom stereocenters. The molecule has 1 aromatic heterocycles. The normalized spacial score (nSPS) is 26.5. The molecule has 0 bridgehead atoms. The maximum atomic E-state index is 12.4. The van der Waals surface area contributed by atoms with Gasteiger partial charge in [0.05, 0.1) is 11.4 Å². The number of hydrogen-bond acceptors (Lipinski definition) is 3. The van der Waals surface area contributed by atoms with Gasteiger partial charge in [-0.05, 0) is 44.5 Å². The van der Waals surface area contributed by atoms with Gasteiger partial charge >= 0.3 is 0 Å². The standard InChI is InChI=1S/C15H21N3O/c1-2-3-9-18-10-5-7-15(11-18)13-12(17-14(15)19)6-4-8-16-13/h4,6,8H,2-3,5,7,9-11H2,1H3,(H,17,19)/t15-/m1/s1. The van der Waals surface area contributed by atoms with Crippen LogP contribution in [0, 0.1) is 0 Å². The Labute approximate surface area is 114 Å². The topological polar surface area (TPSA) is 45.2 Å². The van der Waals surface area contributed by atoms with Crippen molar-refractivity contribution < 1.29 is 4.79 Å². The fourth-order valence-corrected chi connectivity index (χ4v) is 3.33. The van der Waals surface area contributed by atoms with Crippen LogP contribution in [0.1, 0.15) is 38.3 Å². The molecule has 2 aliphatic rings. The number of hydrogen-bond donors (Lipinski definition) is 1. The van der Waals surface area contributed by atoms with Gasteiger partial charge in [-0.15, -0.1) is 0 Å². The Morgan fingerprint density at radius 1 is 1.53 bits per heavy atom. The fourth-order valence-electron chi connectivity index (χ4n) is 3.33. The van der Waals surface area contributed by atoms with E-state index in [4.69, 9.17) is 0 Å². The van der Waals surface area contributed by atoms with Crippen molar-refractivity contribution in [2.24, 2.45) is 0 Å². The van der Waals surface area contributed by atoms with Crippen LogP contribution in [-0.2, 0) is 10.2 Å². The molecule has 1 fully saturated rings. The molecule has 1 spiro atoms. The summed E-state index contributed by atoms with van der Waals surface area (Å²) in [5.41, 5.74) is 1.47. The summed E-state index contributed by atoms with van der Waals surface area (Å²) in [5, 5.41) is 3.01. The largest absolute Gasteiger partial charge is 0.324 e. The first kappa shape index (κ1) is 12.6. The minimum Gasteiger partial charge on any atom is -0.324 e. The van der Waals surface area contributed by atoms with Gasteiger partial charge in [0.2, 0.25) is 5.91 Å². The molecular formula is C15H21N3O. The van der Waals surface area contributed by atoms with E-state index in [-0.39, 0.29) is 5.91 Å². The van der Waals surface area contributed by atoms with E-state index in [2.05, 4.69) is 22.1 Å². The summed E-state index contributed by atoms with van der Waals surface area (Å²) in [6.07, 6.45) is 6.20. The quantitative estimate of drug-likeness (QED) is 0.905. The zero-order chi connectivity index (χ0) is 13.3. The number of piperidine rings is 1. The average Bonchev–Trinajstić information content (AvgIpc) is 2.70.